The van der Waals surface area contributed by atoms with E-state index in [1.807, 2.05) is 19.1 Å². The number of carbonyl (C=O) groups is 2. The quantitative estimate of drug-likeness (QED) is 0.818. The molecule has 1 aliphatic rings. The monoisotopic (exact) mass is 302 g/mol. The first-order chi connectivity index (χ1) is 10.5. The summed E-state index contributed by atoms with van der Waals surface area (Å²) in [4.78, 5) is 23.5. The minimum atomic E-state index is -0.288. The summed E-state index contributed by atoms with van der Waals surface area (Å²) >= 11 is 0. The lowest BCUT2D eigenvalue weighted by Crippen LogP contribution is -2.52. The van der Waals surface area contributed by atoms with E-state index in [0.29, 0.717) is 12.3 Å². The SMILES string of the molecule is C=CC(=O)Nc1cccc(CC(=O)NC2(C)CCCOC2)c1. The van der Waals surface area contributed by atoms with Crippen LogP contribution in [0.1, 0.15) is 25.3 Å². The van der Waals surface area contributed by atoms with E-state index < -0.39 is 0 Å². The third-order valence-electron chi connectivity index (χ3n) is 3.62. The van der Waals surface area contributed by atoms with Crippen LogP contribution >= 0.6 is 0 Å². The van der Waals surface area contributed by atoms with Crippen molar-refractivity contribution in [2.75, 3.05) is 18.5 Å². The summed E-state index contributed by atoms with van der Waals surface area (Å²) in [5.41, 5.74) is 1.21. The third kappa shape index (κ3) is 4.70. The molecule has 2 rings (SSSR count). The molecule has 5 heteroatoms. The van der Waals surface area contributed by atoms with Gasteiger partial charge in [0.15, 0.2) is 0 Å². The van der Waals surface area contributed by atoms with Gasteiger partial charge in [0.05, 0.1) is 18.6 Å². The van der Waals surface area contributed by atoms with Gasteiger partial charge in [-0.25, -0.2) is 0 Å². The fourth-order valence-electron chi connectivity index (χ4n) is 2.55. The minimum Gasteiger partial charge on any atom is -0.379 e. The number of rotatable bonds is 5. The Bertz CT molecular complexity index is 563. The second-order valence-electron chi connectivity index (χ2n) is 5.84. The zero-order chi connectivity index (χ0) is 16.0. The number of hydrogen-bond donors (Lipinski definition) is 2. The standard InChI is InChI=1S/C17H22N2O3/c1-3-15(20)18-14-7-4-6-13(10-14)11-16(21)19-17(2)8-5-9-22-12-17/h3-4,6-7,10H,1,5,8-9,11-12H2,2H3,(H,18,20)(H,19,21). The Balaban J connectivity index is 1.95. The Labute approximate surface area is 130 Å². The summed E-state index contributed by atoms with van der Waals surface area (Å²) in [5, 5.41) is 5.73. The Morgan fingerprint density at radius 1 is 1.45 bits per heavy atom. The van der Waals surface area contributed by atoms with E-state index >= 15 is 0 Å². The number of hydrogen-bond acceptors (Lipinski definition) is 3. The summed E-state index contributed by atoms with van der Waals surface area (Å²) in [6.45, 7) is 6.73. The van der Waals surface area contributed by atoms with Gasteiger partial charge in [-0.1, -0.05) is 18.7 Å². The highest BCUT2D eigenvalue weighted by Gasteiger charge is 2.29. The molecule has 1 aliphatic heterocycles. The van der Waals surface area contributed by atoms with Gasteiger partial charge in [0.25, 0.3) is 0 Å². The van der Waals surface area contributed by atoms with Crippen LogP contribution in [0.25, 0.3) is 0 Å². The molecule has 1 aromatic carbocycles. The van der Waals surface area contributed by atoms with Crippen LogP contribution < -0.4 is 10.6 Å². The maximum Gasteiger partial charge on any atom is 0.247 e. The van der Waals surface area contributed by atoms with Gasteiger partial charge < -0.3 is 15.4 Å². The van der Waals surface area contributed by atoms with Crippen molar-refractivity contribution in [1.82, 2.24) is 5.32 Å². The zero-order valence-corrected chi connectivity index (χ0v) is 12.9. The second-order valence-corrected chi connectivity index (χ2v) is 5.84. The number of benzene rings is 1. The van der Waals surface area contributed by atoms with Crippen LogP contribution in [0.3, 0.4) is 0 Å². The van der Waals surface area contributed by atoms with E-state index in [2.05, 4.69) is 17.2 Å². The highest BCUT2D eigenvalue weighted by atomic mass is 16.5. The lowest BCUT2D eigenvalue weighted by Gasteiger charge is -2.34. The molecular formula is C17H22N2O3. The first-order valence-electron chi connectivity index (χ1n) is 7.42. The van der Waals surface area contributed by atoms with Crippen LogP contribution in [0.5, 0.6) is 0 Å². The van der Waals surface area contributed by atoms with Crippen LogP contribution in [-0.2, 0) is 20.7 Å². The highest BCUT2D eigenvalue weighted by molar-refractivity contribution is 5.98. The molecule has 2 N–H and O–H groups in total. The van der Waals surface area contributed by atoms with Crippen molar-refractivity contribution in [2.45, 2.75) is 31.7 Å². The van der Waals surface area contributed by atoms with Gasteiger partial charge in [-0.05, 0) is 43.5 Å². The predicted octanol–water partition coefficient (Wildman–Crippen LogP) is 2.04. The molecule has 5 nitrogen and oxygen atoms in total. The zero-order valence-electron chi connectivity index (χ0n) is 12.9. The topological polar surface area (TPSA) is 67.4 Å². The number of amides is 2. The van der Waals surface area contributed by atoms with Crippen molar-refractivity contribution in [3.05, 3.63) is 42.5 Å². The molecule has 1 heterocycles. The van der Waals surface area contributed by atoms with Crippen LogP contribution in [0.2, 0.25) is 0 Å². The number of nitrogens with one attached hydrogen (secondary N) is 2. The number of carbonyl (C=O) groups excluding carboxylic acids is 2. The average Bonchev–Trinajstić information content (AvgIpc) is 2.47. The van der Waals surface area contributed by atoms with Crippen LogP contribution in [0.15, 0.2) is 36.9 Å². The van der Waals surface area contributed by atoms with E-state index in [1.165, 1.54) is 6.08 Å². The lowest BCUT2D eigenvalue weighted by atomic mass is 9.94. The molecule has 1 aromatic rings. The minimum absolute atomic E-state index is 0.0415. The van der Waals surface area contributed by atoms with Gasteiger partial charge in [0, 0.05) is 12.3 Å². The number of ether oxygens (including phenoxy) is 1. The van der Waals surface area contributed by atoms with Gasteiger partial charge in [-0.2, -0.15) is 0 Å². The Morgan fingerprint density at radius 2 is 2.27 bits per heavy atom. The van der Waals surface area contributed by atoms with E-state index in [0.717, 1.165) is 25.0 Å². The normalized spacial score (nSPS) is 21.0. The molecule has 0 aliphatic carbocycles. The van der Waals surface area contributed by atoms with Crippen LogP contribution in [-0.4, -0.2) is 30.6 Å². The fraction of sp³-hybridized carbons (Fsp3) is 0.412. The molecule has 22 heavy (non-hydrogen) atoms. The van der Waals surface area contributed by atoms with Crippen molar-refractivity contribution in [1.29, 1.82) is 0 Å². The summed E-state index contributed by atoms with van der Waals surface area (Å²) < 4.78 is 5.44. The smallest absolute Gasteiger partial charge is 0.247 e. The van der Waals surface area contributed by atoms with Gasteiger partial charge >= 0.3 is 0 Å². The van der Waals surface area contributed by atoms with Gasteiger partial charge in [0.1, 0.15) is 0 Å². The first kappa shape index (κ1) is 16.2. The molecule has 1 atom stereocenters. The molecule has 2 amide bonds. The maximum atomic E-state index is 12.2. The van der Waals surface area contributed by atoms with Crippen molar-refractivity contribution in [3.8, 4) is 0 Å². The van der Waals surface area contributed by atoms with Crippen molar-refractivity contribution >= 4 is 17.5 Å². The van der Waals surface area contributed by atoms with Gasteiger partial charge in [-0.15, -0.1) is 0 Å². The molecule has 1 saturated heterocycles. The Morgan fingerprint density at radius 3 is 2.95 bits per heavy atom. The van der Waals surface area contributed by atoms with E-state index in [1.54, 1.807) is 12.1 Å². The Hall–Kier alpha value is -2.14. The first-order valence-corrected chi connectivity index (χ1v) is 7.42. The van der Waals surface area contributed by atoms with Gasteiger partial charge in [-0.3, -0.25) is 9.59 Å². The summed E-state index contributed by atoms with van der Waals surface area (Å²) in [5.74, 6) is -0.311. The highest BCUT2D eigenvalue weighted by Crippen LogP contribution is 2.19. The molecule has 1 unspecified atom stereocenters. The molecule has 118 valence electrons. The lowest BCUT2D eigenvalue weighted by molar-refractivity contribution is -0.124. The molecule has 0 spiro atoms. The van der Waals surface area contributed by atoms with Crippen LogP contribution in [0.4, 0.5) is 5.69 Å². The average molecular weight is 302 g/mol. The molecule has 0 saturated carbocycles. The second kappa shape index (κ2) is 7.22. The molecular weight excluding hydrogens is 280 g/mol. The third-order valence-corrected chi connectivity index (χ3v) is 3.62. The van der Waals surface area contributed by atoms with Gasteiger partial charge in [0.2, 0.25) is 11.8 Å². The van der Waals surface area contributed by atoms with Crippen molar-refractivity contribution in [2.24, 2.45) is 0 Å². The predicted molar refractivity (Wildman–Crippen MR) is 85.6 cm³/mol. The van der Waals surface area contributed by atoms with Crippen molar-refractivity contribution < 1.29 is 14.3 Å². The summed E-state index contributed by atoms with van der Waals surface area (Å²) in [7, 11) is 0. The fourth-order valence-corrected chi connectivity index (χ4v) is 2.55. The van der Waals surface area contributed by atoms with E-state index in [9.17, 15) is 9.59 Å². The van der Waals surface area contributed by atoms with E-state index in [4.69, 9.17) is 4.74 Å². The molecule has 0 bridgehead atoms. The molecule has 0 radical (unpaired) electrons. The summed E-state index contributed by atoms with van der Waals surface area (Å²) in [6.07, 6.45) is 3.37. The van der Waals surface area contributed by atoms with E-state index in [-0.39, 0.29) is 23.8 Å². The van der Waals surface area contributed by atoms with Crippen LogP contribution in [0, 0.1) is 0 Å². The number of anilines is 1. The van der Waals surface area contributed by atoms with Crippen molar-refractivity contribution in [3.63, 3.8) is 0 Å². The molecule has 1 fully saturated rings. The largest absolute Gasteiger partial charge is 0.379 e. The summed E-state index contributed by atoms with van der Waals surface area (Å²) in [6, 6.07) is 7.25. The molecule has 0 aromatic heterocycles. The Kier molecular flexibility index (Phi) is 5.33. The maximum absolute atomic E-state index is 12.2.